The van der Waals surface area contributed by atoms with Crippen LogP contribution in [0.5, 0.6) is 5.75 Å². The number of diazo groups is 1. The van der Waals surface area contributed by atoms with E-state index in [1.165, 1.54) is 12.1 Å². The van der Waals surface area contributed by atoms with Gasteiger partial charge in [-0.15, -0.1) is 0 Å². The van der Waals surface area contributed by atoms with Crippen LogP contribution in [0.3, 0.4) is 0 Å². The molecular weight excluding hydrogens is 264 g/mol. The van der Waals surface area contributed by atoms with Crippen molar-refractivity contribution >= 4 is 25.4 Å². The number of rotatable bonds is 1. The average Bonchev–Trinajstić information content (AvgIpc) is 2.28. The maximum Gasteiger partial charge on any atom is 0.426 e. The van der Waals surface area contributed by atoms with E-state index in [-0.39, 0.29) is 11.4 Å². The quantitative estimate of drug-likeness (QED) is 0.630. The Morgan fingerprint density at radius 1 is 1.47 bits per heavy atom. The van der Waals surface area contributed by atoms with Gasteiger partial charge in [-0.1, -0.05) is 0 Å². The molecule has 17 heavy (non-hydrogen) atoms. The van der Waals surface area contributed by atoms with Crippen LogP contribution in [0, 0.1) is 5.39 Å². The van der Waals surface area contributed by atoms with Crippen LogP contribution in [0.25, 0.3) is 4.98 Å². The first-order valence-corrected chi connectivity index (χ1v) is 7.45. The molecule has 0 fully saturated rings. The predicted octanol–water partition coefficient (Wildman–Crippen LogP) is 2.82. The maximum atomic E-state index is 11.4. The number of fused-ring (bicyclic) bond motifs is 1. The lowest BCUT2D eigenvalue weighted by Crippen LogP contribution is -2.15. The number of benzene rings is 1. The summed E-state index contributed by atoms with van der Waals surface area (Å²) in [5.41, 5.74) is 1.04. The van der Waals surface area contributed by atoms with Crippen molar-refractivity contribution in [1.29, 1.82) is 5.39 Å². The van der Waals surface area contributed by atoms with Gasteiger partial charge in [0, 0.05) is 22.3 Å². The molecule has 1 unspecified atom stereocenters. The Balaban J connectivity index is 2.63. The van der Waals surface area contributed by atoms with E-state index in [9.17, 15) is 13.5 Å². The molecule has 7 heteroatoms. The lowest BCUT2D eigenvalue weighted by atomic mass is 9.90. The van der Waals surface area contributed by atoms with Crippen molar-refractivity contribution < 1.29 is 13.5 Å². The molecule has 90 valence electrons. The summed E-state index contributed by atoms with van der Waals surface area (Å²) in [5.74, 6) is -0.171. The van der Waals surface area contributed by atoms with Gasteiger partial charge in [-0.2, -0.15) is 0 Å². The first-order chi connectivity index (χ1) is 7.95. The molecule has 0 amide bonds. The lowest BCUT2D eigenvalue weighted by Gasteiger charge is -2.22. The van der Waals surface area contributed by atoms with Crippen molar-refractivity contribution in [3.63, 3.8) is 0 Å². The molecule has 0 aromatic heterocycles. The molecule has 0 heterocycles. The van der Waals surface area contributed by atoms with E-state index in [0.717, 1.165) is 0 Å². The zero-order chi connectivity index (χ0) is 12.6. The standard InChI is InChI=1S/C10H9ClN2O3S/c11-17(15,16)9-3-1-2-7-6(9)4-5-8(13-12)10(7)14/h4-5,9H,1-3H2/p+1. The second kappa shape index (κ2) is 4.17. The summed E-state index contributed by atoms with van der Waals surface area (Å²) in [6.07, 6.45) is 1.60. The Labute approximate surface area is 103 Å². The van der Waals surface area contributed by atoms with Crippen LogP contribution in [0.1, 0.15) is 29.2 Å². The SMILES string of the molecule is N#[N+]c1ccc2c(c1O)CCCC2S(=O)(=O)Cl. The molecule has 0 saturated carbocycles. The summed E-state index contributed by atoms with van der Waals surface area (Å²) < 4.78 is 22.9. The minimum absolute atomic E-state index is 0.0383. The van der Waals surface area contributed by atoms with Crippen molar-refractivity contribution in [2.24, 2.45) is 0 Å². The van der Waals surface area contributed by atoms with Crippen LogP contribution in [0.2, 0.25) is 0 Å². The highest BCUT2D eigenvalue weighted by Crippen LogP contribution is 2.44. The molecule has 1 aliphatic carbocycles. The number of phenolic OH excluding ortho intramolecular Hbond substituents is 1. The van der Waals surface area contributed by atoms with Gasteiger partial charge in [0.25, 0.3) is 0 Å². The summed E-state index contributed by atoms with van der Waals surface area (Å²) >= 11 is 0. The molecule has 0 spiro atoms. The predicted molar refractivity (Wildman–Crippen MR) is 63.3 cm³/mol. The fourth-order valence-corrected chi connectivity index (χ4v) is 3.72. The van der Waals surface area contributed by atoms with Crippen LogP contribution >= 0.6 is 10.7 Å². The van der Waals surface area contributed by atoms with Crippen LogP contribution in [-0.2, 0) is 15.5 Å². The summed E-state index contributed by atoms with van der Waals surface area (Å²) in [7, 11) is 1.68. The normalized spacial score (nSPS) is 19.4. The van der Waals surface area contributed by atoms with Gasteiger partial charge in [0.2, 0.25) is 20.2 Å². The van der Waals surface area contributed by atoms with Crippen molar-refractivity contribution in [2.45, 2.75) is 24.5 Å². The third-order valence-electron chi connectivity index (χ3n) is 2.99. The largest absolute Gasteiger partial charge is 0.501 e. The van der Waals surface area contributed by atoms with Crippen LogP contribution in [0.15, 0.2) is 12.1 Å². The van der Waals surface area contributed by atoms with Gasteiger partial charge < -0.3 is 5.11 Å². The highest BCUT2D eigenvalue weighted by molar-refractivity contribution is 8.13. The molecule has 0 radical (unpaired) electrons. The highest BCUT2D eigenvalue weighted by Gasteiger charge is 2.34. The van der Waals surface area contributed by atoms with Crippen LogP contribution < -0.4 is 0 Å². The first kappa shape index (κ1) is 12.1. The first-order valence-electron chi connectivity index (χ1n) is 5.08. The minimum atomic E-state index is -3.71. The summed E-state index contributed by atoms with van der Waals surface area (Å²) in [5, 5.41) is 17.7. The number of hydrogen-bond acceptors (Lipinski definition) is 4. The van der Waals surface area contributed by atoms with Gasteiger partial charge in [0.15, 0.2) is 4.98 Å². The topological polar surface area (TPSA) is 82.5 Å². The second-order valence-electron chi connectivity index (χ2n) is 3.96. The van der Waals surface area contributed by atoms with E-state index in [0.29, 0.717) is 30.4 Å². The molecule has 0 aliphatic heterocycles. The van der Waals surface area contributed by atoms with E-state index >= 15 is 0 Å². The molecule has 1 N–H and O–H groups in total. The Kier molecular flexibility index (Phi) is 2.98. The molecule has 2 rings (SSSR count). The van der Waals surface area contributed by atoms with Gasteiger partial charge in [-0.3, -0.25) is 0 Å². The third-order valence-corrected chi connectivity index (χ3v) is 4.80. The molecule has 1 aromatic carbocycles. The molecule has 1 aromatic rings. The third kappa shape index (κ3) is 2.08. The molecule has 5 nitrogen and oxygen atoms in total. The van der Waals surface area contributed by atoms with Gasteiger partial charge >= 0.3 is 5.69 Å². The number of aromatic hydroxyl groups is 1. The minimum Gasteiger partial charge on any atom is -0.501 e. The van der Waals surface area contributed by atoms with Crippen molar-refractivity contribution in [3.05, 3.63) is 28.2 Å². The fraction of sp³-hybridized carbons (Fsp3) is 0.400. The number of halogens is 1. The average molecular weight is 274 g/mol. The van der Waals surface area contributed by atoms with Gasteiger partial charge in [-0.05, 0) is 30.9 Å². The lowest BCUT2D eigenvalue weighted by molar-refractivity contribution is 0.463. The van der Waals surface area contributed by atoms with Crippen LogP contribution in [-0.4, -0.2) is 13.5 Å². The monoisotopic (exact) mass is 273 g/mol. The van der Waals surface area contributed by atoms with Gasteiger partial charge in [-0.25, -0.2) is 8.42 Å². The second-order valence-corrected chi connectivity index (χ2v) is 6.77. The number of phenols is 1. The van der Waals surface area contributed by atoms with E-state index in [2.05, 4.69) is 4.98 Å². The maximum absolute atomic E-state index is 11.4. The Hall–Kier alpha value is -1.32. The number of hydrogen-bond donors (Lipinski definition) is 1. The summed E-state index contributed by atoms with van der Waals surface area (Å²) in [4.78, 5) is 2.93. The summed E-state index contributed by atoms with van der Waals surface area (Å²) in [6, 6.07) is 2.91. The van der Waals surface area contributed by atoms with E-state index in [1.54, 1.807) is 0 Å². The smallest absolute Gasteiger partial charge is 0.426 e. The van der Waals surface area contributed by atoms with Gasteiger partial charge in [0.1, 0.15) is 5.25 Å². The Morgan fingerprint density at radius 3 is 2.76 bits per heavy atom. The van der Waals surface area contributed by atoms with Crippen LogP contribution in [0.4, 0.5) is 5.69 Å². The molecule has 1 aliphatic rings. The zero-order valence-electron chi connectivity index (χ0n) is 8.80. The Morgan fingerprint density at radius 2 is 2.18 bits per heavy atom. The van der Waals surface area contributed by atoms with E-state index in [4.69, 9.17) is 16.1 Å². The van der Waals surface area contributed by atoms with E-state index in [1.807, 2.05) is 0 Å². The van der Waals surface area contributed by atoms with Crippen molar-refractivity contribution in [2.75, 3.05) is 0 Å². The fourth-order valence-electron chi connectivity index (χ4n) is 2.20. The zero-order valence-corrected chi connectivity index (χ0v) is 10.4. The summed E-state index contributed by atoms with van der Waals surface area (Å²) in [6.45, 7) is 0. The van der Waals surface area contributed by atoms with Crippen molar-refractivity contribution in [3.8, 4) is 5.75 Å². The van der Waals surface area contributed by atoms with E-state index < -0.39 is 14.3 Å². The molecule has 1 atom stereocenters. The van der Waals surface area contributed by atoms with Crippen molar-refractivity contribution in [1.82, 2.24) is 0 Å². The molecule has 0 saturated heterocycles. The Bertz CT molecular complexity index is 607. The molecule has 0 bridgehead atoms. The number of nitrogens with zero attached hydrogens (tertiary/aromatic N) is 2. The van der Waals surface area contributed by atoms with Gasteiger partial charge in [0.05, 0.1) is 0 Å². The molecular formula is C10H10ClN2O3S+. The highest BCUT2D eigenvalue weighted by atomic mass is 35.7.